The van der Waals surface area contributed by atoms with Crippen LogP contribution in [0.15, 0.2) is 84.9 Å². The van der Waals surface area contributed by atoms with Crippen LogP contribution in [0, 0.1) is 0 Å². The molecule has 0 saturated carbocycles. The van der Waals surface area contributed by atoms with Crippen molar-refractivity contribution < 1.29 is 14.3 Å². The molecule has 0 aromatic heterocycles. The zero-order valence-corrected chi connectivity index (χ0v) is 17.4. The first-order valence-electron chi connectivity index (χ1n) is 10.3. The van der Waals surface area contributed by atoms with Crippen LogP contribution in [0.3, 0.4) is 0 Å². The van der Waals surface area contributed by atoms with E-state index in [1.54, 1.807) is 29.2 Å². The highest BCUT2D eigenvalue weighted by Crippen LogP contribution is 2.16. The number of carbonyl (C=O) groups excluding carboxylic acids is 2. The highest BCUT2D eigenvalue weighted by atomic mass is 16.5. The van der Waals surface area contributed by atoms with Crippen LogP contribution >= 0.6 is 0 Å². The van der Waals surface area contributed by atoms with Crippen molar-refractivity contribution in [2.24, 2.45) is 5.73 Å². The van der Waals surface area contributed by atoms with E-state index in [4.69, 9.17) is 10.5 Å². The quantitative estimate of drug-likeness (QED) is 0.527. The molecule has 0 saturated heterocycles. The van der Waals surface area contributed by atoms with Crippen molar-refractivity contribution in [3.8, 4) is 5.75 Å². The number of amides is 2. The van der Waals surface area contributed by atoms with E-state index in [2.05, 4.69) is 5.32 Å². The second-order valence-electron chi connectivity index (χ2n) is 7.09. The Bertz CT molecular complexity index is 978. The van der Waals surface area contributed by atoms with Gasteiger partial charge in [0.25, 0.3) is 11.8 Å². The van der Waals surface area contributed by atoms with Gasteiger partial charge in [0.15, 0.2) is 6.61 Å². The summed E-state index contributed by atoms with van der Waals surface area (Å²) in [6.45, 7) is 1.42. The molecule has 0 spiro atoms. The molecule has 0 aliphatic carbocycles. The minimum atomic E-state index is -0.249. The van der Waals surface area contributed by atoms with Crippen LogP contribution in [0.2, 0.25) is 0 Å². The summed E-state index contributed by atoms with van der Waals surface area (Å²) in [6.07, 6.45) is 0.714. The summed E-state index contributed by atoms with van der Waals surface area (Å²) in [5.74, 6) is 0.350. The first-order valence-corrected chi connectivity index (χ1v) is 10.3. The van der Waals surface area contributed by atoms with E-state index in [0.29, 0.717) is 43.1 Å². The zero-order valence-electron chi connectivity index (χ0n) is 17.4. The third kappa shape index (κ3) is 6.97. The first kappa shape index (κ1) is 22.1. The first-order chi connectivity index (χ1) is 15.2. The molecule has 0 aliphatic heterocycles. The standard InChI is InChI=1S/C25H27N3O3/c26-15-8-16-28(25(30)21-10-3-1-4-11-21)18-20-9-7-12-22(17-20)27-24(29)19-31-23-13-5-2-6-14-23/h1-7,9-14,17H,8,15-16,18-19,26H2,(H,27,29). The molecule has 0 fully saturated rings. The second-order valence-corrected chi connectivity index (χ2v) is 7.09. The third-order valence-corrected chi connectivity index (χ3v) is 4.64. The molecule has 0 radical (unpaired) electrons. The summed E-state index contributed by atoms with van der Waals surface area (Å²) in [5, 5.41) is 2.84. The van der Waals surface area contributed by atoms with Gasteiger partial charge in [-0.3, -0.25) is 9.59 Å². The van der Waals surface area contributed by atoms with Crippen molar-refractivity contribution in [2.75, 3.05) is 25.0 Å². The number of ether oxygens (including phenoxy) is 1. The average molecular weight is 418 g/mol. The number of nitrogens with one attached hydrogen (secondary N) is 1. The van der Waals surface area contributed by atoms with Gasteiger partial charge in [-0.1, -0.05) is 48.5 Å². The maximum absolute atomic E-state index is 12.9. The number of hydrogen-bond donors (Lipinski definition) is 2. The Balaban J connectivity index is 1.63. The fraction of sp³-hybridized carbons (Fsp3) is 0.200. The summed E-state index contributed by atoms with van der Waals surface area (Å²) in [6, 6.07) is 25.9. The number of nitrogens with zero attached hydrogens (tertiary/aromatic N) is 1. The molecule has 3 N–H and O–H groups in total. The molecule has 0 unspecified atom stereocenters. The van der Waals surface area contributed by atoms with Crippen LogP contribution in [-0.2, 0) is 11.3 Å². The van der Waals surface area contributed by atoms with Crippen LogP contribution in [0.1, 0.15) is 22.3 Å². The van der Waals surface area contributed by atoms with Gasteiger partial charge >= 0.3 is 0 Å². The Kier molecular flexibility index (Phi) is 8.20. The van der Waals surface area contributed by atoms with Crippen molar-refractivity contribution in [1.29, 1.82) is 0 Å². The van der Waals surface area contributed by atoms with Crippen molar-refractivity contribution in [2.45, 2.75) is 13.0 Å². The molecule has 0 atom stereocenters. The van der Waals surface area contributed by atoms with Gasteiger partial charge in [-0.2, -0.15) is 0 Å². The van der Waals surface area contributed by atoms with E-state index in [9.17, 15) is 9.59 Å². The summed E-state index contributed by atoms with van der Waals surface area (Å²) >= 11 is 0. The van der Waals surface area contributed by atoms with Crippen molar-refractivity contribution >= 4 is 17.5 Å². The Morgan fingerprint density at radius 1 is 0.903 bits per heavy atom. The third-order valence-electron chi connectivity index (χ3n) is 4.64. The fourth-order valence-electron chi connectivity index (χ4n) is 3.13. The minimum Gasteiger partial charge on any atom is -0.484 e. The van der Waals surface area contributed by atoms with Crippen molar-refractivity contribution in [3.05, 3.63) is 96.1 Å². The van der Waals surface area contributed by atoms with Crippen LogP contribution in [-0.4, -0.2) is 36.4 Å². The normalized spacial score (nSPS) is 10.4. The molecular formula is C25H27N3O3. The number of carbonyl (C=O) groups is 2. The van der Waals surface area contributed by atoms with Crippen LogP contribution in [0.25, 0.3) is 0 Å². The Labute approximate surface area is 182 Å². The van der Waals surface area contributed by atoms with E-state index >= 15 is 0 Å². The van der Waals surface area contributed by atoms with Gasteiger partial charge in [0.1, 0.15) is 5.75 Å². The van der Waals surface area contributed by atoms with Gasteiger partial charge in [0.2, 0.25) is 0 Å². The van der Waals surface area contributed by atoms with E-state index in [1.807, 2.05) is 60.7 Å². The van der Waals surface area contributed by atoms with E-state index in [-0.39, 0.29) is 18.4 Å². The van der Waals surface area contributed by atoms with Gasteiger partial charge < -0.3 is 20.7 Å². The van der Waals surface area contributed by atoms with E-state index in [1.165, 1.54) is 0 Å². The van der Waals surface area contributed by atoms with Gasteiger partial charge in [-0.15, -0.1) is 0 Å². The van der Waals surface area contributed by atoms with Gasteiger partial charge in [0, 0.05) is 24.3 Å². The summed E-state index contributed by atoms with van der Waals surface area (Å²) in [5.41, 5.74) is 7.88. The molecule has 3 aromatic rings. The number of rotatable bonds is 10. The van der Waals surface area contributed by atoms with Gasteiger partial charge in [-0.25, -0.2) is 0 Å². The lowest BCUT2D eigenvalue weighted by Crippen LogP contribution is -2.32. The molecule has 6 heteroatoms. The number of benzene rings is 3. The predicted molar refractivity (Wildman–Crippen MR) is 122 cm³/mol. The number of hydrogen-bond acceptors (Lipinski definition) is 4. The smallest absolute Gasteiger partial charge is 0.262 e. The number of nitrogens with two attached hydrogens (primary N) is 1. The predicted octanol–water partition coefficient (Wildman–Crippen LogP) is 3.70. The van der Waals surface area contributed by atoms with Crippen LogP contribution < -0.4 is 15.8 Å². The van der Waals surface area contributed by atoms with Crippen molar-refractivity contribution in [1.82, 2.24) is 4.90 Å². The SMILES string of the molecule is NCCCN(Cc1cccc(NC(=O)COc2ccccc2)c1)C(=O)c1ccccc1. The highest BCUT2D eigenvalue weighted by molar-refractivity contribution is 5.94. The molecule has 0 aliphatic rings. The van der Waals surface area contributed by atoms with Crippen LogP contribution in [0.4, 0.5) is 5.69 Å². The highest BCUT2D eigenvalue weighted by Gasteiger charge is 2.16. The van der Waals surface area contributed by atoms with E-state index in [0.717, 1.165) is 5.56 Å². The largest absolute Gasteiger partial charge is 0.484 e. The van der Waals surface area contributed by atoms with Gasteiger partial charge in [-0.05, 0) is 54.9 Å². The Hall–Kier alpha value is -3.64. The Morgan fingerprint density at radius 3 is 2.32 bits per heavy atom. The van der Waals surface area contributed by atoms with E-state index < -0.39 is 0 Å². The molecule has 3 rings (SSSR count). The second kappa shape index (κ2) is 11.5. The monoisotopic (exact) mass is 417 g/mol. The topological polar surface area (TPSA) is 84.7 Å². The minimum absolute atomic E-state index is 0.0419. The molecule has 0 bridgehead atoms. The summed E-state index contributed by atoms with van der Waals surface area (Å²) in [4.78, 5) is 27.0. The Morgan fingerprint density at radius 2 is 1.61 bits per heavy atom. The summed E-state index contributed by atoms with van der Waals surface area (Å²) in [7, 11) is 0. The fourth-order valence-corrected chi connectivity index (χ4v) is 3.13. The van der Waals surface area contributed by atoms with Gasteiger partial charge in [0.05, 0.1) is 0 Å². The molecule has 160 valence electrons. The maximum atomic E-state index is 12.9. The maximum Gasteiger partial charge on any atom is 0.262 e. The molecule has 3 aromatic carbocycles. The zero-order chi connectivity index (χ0) is 21.9. The summed E-state index contributed by atoms with van der Waals surface area (Å²) < 4.78 is 5.48. The number of anilines is 1. The molecular weight excluding hydrogens is 390 g/mol. The average Bonchev–Trinajstić information content (AvgIpc) is 2.81. The lowest BCUT2D eigenvalue weighted by Gasteiger charge is -2.23. The molecule has 31 heavy (non-hydrogen) atoms. The van der Waals surface area contributed by atoms with Crippen molar-refractivity contribution in [3.63, 3.8) is 0 Å². The molecule has 2 amide bonds. The lowest BCUT2D eigenvalue weighted by molar-refractivity contribution is -0.118. The molecule has 0 heterocycles. The lowest BCUT2D eigenvalue weighted by atomic mass is 10.1. The van der Waals surface area contributed by atoms with Crippen LogP contribution in [0.5, 0.6) is 5.75 Å². The number of para-hydroxylation sites is 1. The molecule has 6 nitrogen and oxygen atoms in total.